The van der Waals surface area contributed by atoms with Crippen molar-refractivity contribution in [2.45, 2.75) is 4.90 Å². The third-order valence-corrected chi connectivity index (χ3v) is 5.23. The molecule has 0 unspecified atom stereocenters. The van der Waals surface area contributed by atoms with Gasteiger partial charge in [0.05, 0.1) is 28.8 Å². The van der Waals surface area contributed by atoms with Crippen LogP contribution in [0.25, 0.3) is 0 Å². The first-order chi connectivity index (χ1) is 9.73. The quantitative estimate of drug-likeness (QED) is 0.588. The van der Waals surface area contributed by atoms with Gasteiger partial charge in [0.1, 0.15) is 10.7 Å². The van der Waals surface area contributed by atoms with Gasteiger partial charge in [-0.05, 0) is 6.07 Å². The molecule has 1 aliphatic heterocycles. The lowest BCUT2D eigenvalue weighted by Gasteiger charge is -2.27. The van der Waals surface area contributed by atoms with Crippen molar-refractivity contribution in [1.29, 1.82) is 0 Å². The van der Waals surface area contributed by atoms with Gasteiger partial charge >= 0.3 is 0 Å². The van der Waals surface area contributed by atoms with Gasteiger partial charge in [-0.15, -0.1) is 0 Å². The zero-order valence-corrected chi connectivity index (χ0v) is 13.5. The van der Waals surface area contributed by atoms with Crippen molar-refractivity contribution in [3.8, 4) is 0 Å². The molecular weight excluding hydrogens is 368 g/mol. The third-order valence-electron chi connectivity index (χ3n) is 2.89. The lowest BCUT2D eigenvalue weighted by atomic mass is 10.2. The second-order valence-corrected chi connectivity index (χ2v) is 7.46. The third kappa shape index (κ3) is 3.43. The van der Waals surface area contributed by atoms with E-state index in [0.717, 1.165) is 6.07 Å². The van der Waals surface area contributed by atoms with Gasteiger partial charge in [-0.25, -0.2) is 12.8 Å². The number of morpholine rings is 1. The normalized spacial score (nSPS) is 16.1. The van der Waals surface area contributed by atoms with Crippen molar-refractivity contribution in [1.82, 2.24) is 4.90 Å². The molecular formula is C11H9Cl3FNO4S. The number of nitrogens with zero attached hydrogens (tertiary/aromatic N) is 1. The van der Waals surface area contributed by atoms with E-state index in [9.17, 15) is 17.6 Å². The van der Waals surface area contributed by atoms with Crippen LogP contribution in [0.15, 0.2) is 11.0 Å². The van der Waals surface area contributed by atoms with E-state index < -0.39 is 35.7 Å². The summed E-state index contributed by atoms with van der Waals surface area (Å²) < 4.78 is 41.8. The van der Waals surface area contributed by atoms with Crippen LogP contribution in [0, 0.1) is 5.82 Å². The molecule has 10 heteroatoms. The van der Waals surface area contributed by atoms with Crippen LogP contribution < -0.4 is 0 Å². The van der Waals surface area contributed by atoms with Crippen molar-refractivity contribution < 1.29 is 22.3 Å². The molecule has 0 bridgehead atoms. The van der Waals surface area contributed by atoms with Gasteiger partial charge in [0.15, 0.2) is 0 Å². The number of amides is 1. The number of hydrogen-bond donors (Lipinski definition) is 0. The van der Waals surface area contributed by atoms with Crippen LogP contribution >= 0.6 is 33.9 Å². The van der Waals surface area contributed by atoms with Crippen molar-refractivity contribution >= 4 is 48.8 Å². The molecule has 1 amide bonds. The van der Waals surface area contributed by atoms with Gasteiger partial charge in [0.2, 0.25) is 0 Å². The molecule has 1 fully saturated rings. The van der Waals surface area contributed by atoms with E-state index in [-0.39, 0.29) is 5.56 Å². The predicted octanol–water partition coefficient (Wildman–Crippen LogP) is 2.53. The number of halogens is 4. The highest BCUT2D eigenvalue weighted by Gasteiger charge is 2.29. The highest BCUT2D eigenvalue weighted by Crippen LogP contribution is 2.37. The molecule has 1 saturated heterocycles. The smallest absolute Gasteiger partial charge is 0.264 e. The molecule has 0 aliphatic carbocycles. The number of carbonyl (C=O) groups excluding carboxylic acids is 1. The number of carbonyl (C=O) groups is 1. The summed E-state index contributed by atoms with van der Waals surface area (Å²) in [6.45, 7) is 1.25. The lowest BCUT2D eigenvalue weighted by Crippen LogP contribution is -2.40. The van der Waals surface area contributed by atoms with E-state index in [2.05, 4.69) is 0 Å². The average Bonchev–Trinajstić information content (AvgIpc) is 2.42. The molecule has 1 heterocycles. The summed E-state index contributed by atoms with van der Waals surface area (Å²) in [5, 5.41) is -1.23. The van der Waals surface area contributed by atoms with Crippen LogP contribution in [0.1, 0.15) is 10.4 Å². The fraction of sp³-hybridized carbons (Fsp3) is 0.364. The van der Waals surface area contributed by atoms with Crippen LogP contribution in [-0.4, -0.2) is 45.5 Å². The van der Waals surface area contributed by atoms with Crippen LogP contribution in [0.4, 0.5) is 4.39 Å². The Balaban J connectivity index is 2.55. The average molecular weight is 377 g/mol. The molecule has 0 N–H and O–H groups in total. The summed E-state index contributed by atoms with van der Waals surface area (Å²) in [6.07, 6.45) is 0. The maximum Gasteiger partial charge on any atom is 0.264 e. The Hall–Kier alpha value is -0.600. The monoisotopic (exact) mass is 375 g/mol. The zero-order valence-electron chi connectivity index (χ0n) is 10.4. The van der Waals surface area contributed by atoms with Crippen molar-refractivity contribution in [3.63, 3.8) is 0 Å². The summed E-state index contributed by atoms with van der Waals surface area (Å²) in [5.41, 5.74) is -0.306. The topological polar surface area (TPSA) is 63.7 Å². The minimum absolute atomic E-state index is 0.294. The second-order valence-electron chi connectivity index (χ2n) is 4.21. The fourth-order valence-corrected chi connectivity index (χ4v) is 4.26. The summed E-state index contributed by atoms with van der Waals surface area (Å²) in [4.78, 5) is 12.9. The van der Waals surface area contributed by atoms with Gasteiger partial charge < -0.3 is 9.64 Å². The predicted molar refractivity (Wildman–Crippen MR) is 76.2 cm³/mol. The second kappa shape index (κ2) is 6.26. The van der Waals surface area contributed by atoms with Crippen LogP contribution in [0.3, 0.4) is 0 Å². The minimum atomic E-state index is -4.40. The molecule has 0 spiro atoms. The van der Waals surface area contributed by atoms with E-state index in [1.807, 2.05) is 0 Å². The van der Waals surface area contributed by atoms with Crippen molar-refractivity contribution in [2.75, 3.05) is 26.3 Å². The molecule has 0 saturated carbocycles. The standard InChI is InChI=1S/C11H9Cl3FNO4S/c12-8-6(11(17)16-1-3-20-4-2-16)5-7(15)9(13)10(8)21(14,18)19/h5H,1-4H2. The SMILES string of the molecule is O=C(c1cc(F)c(Cl)c(S(=O)(=O)Cl)c1Cl)N1CCOCC1. The molecule has 1 aromatic rings. The number of rotatable bonds is 2. The molecule has 0 radical (unpaired) electrons. The van der Waals surface area contributed by atoms with E-state index in [0.29, 0.717) is 26.3 Å². The molecule has 116 valence electrons. The van der Waals surface area contributed by atoms with E-state index in [4.69, 9.17) is 38.6 Å². The van der Waals surface area contributed by atoms with E-state index in [1.165, 1.54) is 4.90 Å². The Kier molecular flexibility index (Phi) is 4.99. The maximum atomic E-state index is 13.8. The Morgan fingerprint density at radius 2 is 1.81 bits per heavy atom. The molecule has 21 heavy (non-hydrogen) atoms. The lowest BCUT2D eigenvalue weighted by molar-refractivity contribution is 0.0302. The molecule has 2 rings (SSSR count). The van der Waals surface area contributed by atoms with Gasteiger partial charge in [0.25, 0.3) is 15.0 Å². The first-order valence-corrected chi connectivity index (χ1v) is 8.79. The zero-order chi connectivity index (χ0) is 15.8. The summed E-state index contributed by atoms with van der Waals surface area (Å²) in [6, 6.07) is 0.800. The Morgan fingerprint density at radius 3 is 2.33 bits per heavy atom. The Labute approximate surface area is 134 Å². The molecule has 5 nitrogen and oxygen atoms in total. The maximum absolute atomic E-state index is 13.8. The molecule has 1 aliphatic rings. The molecule has 0 aromatic heterocycles. The Bertz CT molecular complexity index is 689. The summed E-state index contributed by atoms with van der Waals surface area (Å²) in [5.74, 6) is -1.70. The summed E-state index contributed by atoms with van der Waals surface area (Å²) in [7, 11) is 0.795. The molecule has 0 atom stereocenters. The highest BCUT2D eigenvalue weighted by atomic mass is 35.7. The largest absolute Gasteiger partial charge is 0.378 e. The first-order valence-electron chi connectivity index (χ1n) is 5.72. The number of benzene rings is 1. The number of hydrogen-bond acceptors (Lipinski definition) is 4. The van der Waals surface area contributed by atoms with Crippen molar-refractivity contribution in [3.05, 3.63) is 27.5 Å². The highest BCUT2D eigenvalue weighted by molar-refractivity contribution is 8.14. The van der Waals surface area contributed by atoms with Crippen molar-refractivity contribution in [2.24, 2.45) is 0 Å². The first kappa shape index (κ1) is 16.8. The van der Waals surface area contributed by atoms with Crippen LogP contribution in [-0.2, 0) is 13.8 Å². The van der Waals surface area contributed by atoms with Gasteiger partial charge in [0, 0.05) is 23.8 Å². The van der Waals surface area contributed by atoms with E-state index in [1.54, 1.807) is 0 Å². The van der Waals surface area contributed by atoms with E-state index >= 15 is 0 Å². The van der Waals surface area contributed by atoms with Crippen LogP contribution in [0.5, 0.6) is 0 Å². The van der Waals surface area contributed by atoms with Gasteiger partial charge in [-0.2, -0.15) is 0 Å². The number of ether oxygens (including phenoxy) is 1. The Morgan fingerprint density at radius 1 is 1.24 bits per heavy atom. The fourth-order valence-electron chi connectivity index (χ4n) is 1.89. The molecule has 1 aromatic carbocycles. The van der Waals surface area contributed by atoms with Crippen LogP contribution in [0.2, 0.25) is 10.0 Å². The van der Waals surface area contributed by atoms with Gasteiger partial charge in [-0.1, -0.05) is 23.2 Å². The van der Waals surface area contributed by atoms with Gasteiger partial charge in [-0.3, -0.25) is 4.79 Å². The summed E-state index contributed by atoms with van der Waals surface area (Å²) >= 11 is 11.5. The minimum Gasteiger partial charge on any atom is -0.378 e.